The summed E-state index contributed by atoms with van der Waals surface area (Å²) in [5.74, 6) is -0.455. The zero-order chi connectivity index (χ0) is 11.1. The fraction of sp³-hybridized carbons (Fsp3) is 0.417. The van der Waals surface area contributed by atoms with Crippen molar-refractivity contribution < 1.29 is 44.2 Å². The van der Waals surface area contributed by atoms with Gasteiger partial charge >= 0.3 is 29.6 Å². The molecule has 0 aromatic heterocycles. The van der Waals surface area contributed by atoms with Gasteiger partial charge in [0.05, 0.1) is 12.6 Å². The number of benzene rings is 1. The van der Waals surface area contributed by atoms with Gasteiger partial charge in [0, 0.05) is 0 Å². The van der Waals surface area contributed by atoms with Gasteiger partial charge < -0.3 is 14.6 Å². The number of hydrogen-bond donors (Lipinski definition) is 0. The number of hydrogen-bond acceptors (Lipinski definition) is 3. The standard InChI is InChI=1S/C12H16O3.Na/c1-2-3-4-9-15-11-7-5-10(6-8-11)12(13)14;/h5-8H,2-4,9H2,1H3,(H,13,14);/q;+1/p-1. The Morgan fingerprint density at radius 3 is 2.38 bits per heavy atom. The van der Waals surface area contributed by atoms with Crippen molar-refractivity contribution in [3.05, 3.63) is 29.8 Å². The fourth-order valence-corrected chi connectivity index (χ4v) is 1.23. The van der Waals surface area contributed by atoms with Gasteiger partial charge in [0.15, 0.2) is 0 Å². The first-order valence-electron chi connectivity index (χ1n) is 5.18. The summed E-state index contributed by atoms with van der Waals surface area (Å²) in [6.07, 6.45) is 3.34. The van der Waals surface area contributed by atoms with Crippen LogP contribution in [0.25, 0.3) is 0 Å². The average Bonchev–Trinajstić information content (AvgIpc) is 2.25. The Labute approximate surface area is 118 Å². The summed E-state index contributed by atoms with van der Waals surface area (Å²) in [6, 6.07) is 6.28. The Kier molecular flexibility index (Phi) is 8.35. The molecule has 82 valence electrons. The van der Waals surface area contributed by atoms with Crippen LogP contribution < -0.4 is 39.4 Å². The molecular weight excluding hydrogens is 215 g/mol. The maximum atomic E-state index is 10.5. The molecule has 0 saturated heterocycles. The van der Waals surface area contributed by atoms with Crippen molar-refractivity contribution in [2.45, 2.75) is 26.2 Å². The van der Waals surface area contributed by atoms with Crippen LogP contribution in [0.4, 0.5) is 0 Å². The van der Waals surface area contributed by atoms with Gasteiger partial charge in [-0.1, -0.05) is 19.8 Å². The minimum atomic E-state index is -1.16. The monoisotopic (exact) mass is 230 g/mol. The zero-order valence-electron chi connectivity index (χ0n) is 9.86. The maximum absolute atomic E-state index is 10.5. The van der Waals surface area contributed by atoms with Gasteiger partial charge in [-0.25, -0.2) is 0 Å². The van der Waals surface area contributed by atoms with Crippen molar-refractivity contribution in [1.29, 1.82) is 0 Å². The number of unbranched alkanes of at least 4 members (excludes halogenated alkanes) is 2. The Bertz CT molecular complexity index is 309. The van der Waals surface area contributed by atoms with Crippen molar-refractivity contribution in [2.75, 3.05) is 6.61 Å². The number of carbonyl (C=O) groups excluding carboxylic acids is 1. The first-order chi connectivity index (χ1) is 7.24. The average molecular weight is 230 g/mol. The summed E-state index contributed by atoms with van der Waals surface area (Å²) in [5.41, 5.74) is 0.177. The summed E-state index contributed by atoms with van der Waals surface area (Å²) < 4.78 is 5.43. The molecule has 1 aromatic rings. The van der Waals surface area contributed by atoms with E-state index in [-0.39, 0.29) is 35.1 Å². The molecule has 0 aliphatic rings. The molecule has 1 rings (SSSR count). The van der Waals surface area contributed by atoms with Gasteiger partial charge in [0.25, 0.3) is 0 Å². The number of rotatable bonds is 6. The minimum absolute atomic E-state index is 0. The number of carboxylic acid groups (broad SMARTS) is 1. The largest absolute Gasteiger partial charge is 1.00 e. The van der Waals surface area contributed by atoms with Crippen LogP contribution in [0, 0.1) is 0 Å². The van der Waals surface area contributed by atoms with E-state index in [0.717, 1.165) is 19.3 Å². The van der Waals surface area contributed by atoms with Crippen LogP contribution in [-0.2, 0) is 0 Å². The molecule has 0 N–H and O–H groups in total. The molecule has 0 radical (unpaired) electrons. The molecule has 0 atom stereocenters. The molecule has 3 nitrogen and oxygen atoms in total. The van der Waals surface area contributed by atoms with Crippen LogP contribution in [0.1, 0.15) is 36.5 Å². The second-order valence-corrected chi connectivity index (χ2v) is 3.37. The normalized spacial score (nSPS) is 9.31. The Hall–Kier alpha value is -0.510. The first-order valence-corrected chi connectivity index (χ1v) is 5.18. The molecule has 16 heavy (non-hydrogen) atoms. The Balaban J connectivity index is 0.00000225. The van der Waals surface area contributed by atoms with E-state index in [1.807, 2.05) is 0 Å². The van der Waals surface area contributed by atoms with E-state index in [1.54, 1.807) is 12.1 Å². The SMILES string of the molecule is CCCCCOc1ccc(C(=O)[O-])cc1.[Na+]. The van der Waals surface area contributed by atoms with E-state index in [0.29, 0.717) is 12.4 Å². The van der Waals surface area contributed by atoms with Crippen molar-refractivity contribution in [1.82, 2.24) is 0 Å². The van der Waals surface area contributed by atoms with E-state index < -0.39 is 5.97 Å². The van der Waals surface area contributed by atoms with Crippen LogP contribution in [0.3, 0.4) is 0 Å². The quantitative estimate of drug-likeness (QED) is 0.447. The summed E-state index contributed by atoms with van der Waals surface area (Å²) in [6.45, 7) is 2.81. The number of carbonyl (C=O) groups is 1. The summed E-state index contributed by atoms with van der Waals surface area (Å²) in [7, 11) is 0. The van der Waals surface area contributed by atoms with Crippen molar-refractivity contribution in [3.63, 3.8) is 0 Å². The van der Waals surface area contributed by atoms with Crippen molar-refractivity contribution in [3.8, 4) is 5.75 Å². The third-order valence-electron chi connectivity index (χ3n) is 2.11. The molecule has 0 unspecified atom stereocenters. The molecule has 0 aliphatic carbocycles. The van der Waals surface area contributed by atoms with Crippen LogP contribution in [0.2, 0.25) is 0 Å². The van der Waals surface area contributed by atoms with Gasteiger partial charge in [-0.3, -0.25) is 0 Å². The van der Waals surface area contributed by atoms with Gasteiger partial charge in [-0.15, -0.1) is 0 Å². The topological polar surface area (TPSA) is 49.4 Å². The van der Waals surface area contributed by atoms with Crippen LogP contribution in [0.15, 0.2) is 24.3 Å². The fourth-order valence-electron chi connectivity index (χ4n) is 1.23. The van der Waals surface area contributed by atoms with E-state index in [9.17, 15) is 9.90 Å². The Morgan fingerprint density at radius 1 is 1.25 bits per heavy atom. The van der Waals surface area contributed by atoms with E-state index in [2.05, 4.69) is 6.92 Å². The smallest absolute Gasteiger partial charge is 0.545 e. The third-order valence-corrected chi connectivity index (χ3v) is 2.11. The van der Waals surface area contributed by atoms with Crippen molar-refractivity contribution >= 4 is 5.97 Å². The molecule has 0 saturated carbocycles. The minimum Gasteiger partial charge on any atom is -0.545 e. The third kappa shape index (κ3) is 5.54. The molecular formula is C12H15NaO3. The van der Waals surface area contributed by atoms with Gasteiger partial charge in [0.2, 0.25) is 0 Å². The van der Waals surface area contributed by atoms with E-state index in [1.165, 1.54) is 12.1 Å². The molecule has 0 spiro atoms. The number of carboxylic acids is 1. The molecule has 0 fully saturated rings. The predicted molar refractivity (Wildman–Crippen MR) is 55.8 cm³/mol. The van der Waals surface area contributed by atoms with Crippen LogP contribution in [-0.4, -0.2) is 12.6 Å². The second-order valence-electron chi connectivity index (χ2n) is 3.37. The Morgan fingerprint density at radius 2 is 1.88 bits per heavy atom. The van der Waals surface area contributed by atoms with E-state index in [4.69, 9.17) is 4.74 Å². The first kappa shape index (κ1) is 15.5. The maximum Gasteiger partial charge on any atom is 1.00 e. The molecule has 0 amide bonds. The van der Waals surface area contributed by atoms with Crippen molar-refractivity contribution in [2.24, 2.45) is 0 Å². The van der Waals surface area contributed by atoms with Crippen LogP contribution in [0.5, 0.6) is 5.75 Å². The number of aromatic carboxylic acids is 1. The van der Waals surface area contributed by atoms with Crippen LogP contribution >= 0.6 is 0 Å². The van der Waals surface area contributed by atoms with Gasteiger partial charge in [-0.2, -0.15) is 0 Å². The van der Waals surface area contributed by atoms with E-state index >= 15 is 0 Å². The molecule has 0 heterocycles. The number of ether oxygens (including phenoxy) is 1. The van der Waals surface area contributed by atoms with Gasteiger partial charge in [0.1, 0.15) is 5.75 Å². The molecule has 4 heteroatoms. The summed E-state index contributed by atoms with van der Waals surface area (Å²) >= 11 is 0. The van der Waals surface area contributed by atoms with Gasteiger partial charge in [-0.05, 0) is 36.2 Å². The summed E-state index contributed by atoms with van der Waals surface area (Å²) in [4.78, 5) is 10.5. The molecule has 0 bridgehead atoms. The molecule has 1 aromatic carbocycles. The zero-order valence-corrected chi connectivity index (χ0v) is 11.9. The molecule has 0 aliphatic heterocycles. The predicted octanol–water partition coefficient (Wildman–Crippen LogP) is -1.38. The summed E-state index contributed by atoms with van der Waals surface area (Å²) in [5, 5.41) is 10.5. The second kappa shape index (κ2) is 8.62.